The Morgan fingerprint density at radius 3 is 3.10 bits per heavy atom. The number of nitrogens with two attached hydrogens (primary N) is 1. The summed E-state index contributed by atoms with van der Waals surface area (Å²) in [7, 11) is 2.10. The summed E-state index contributed by atoms with van der Waals surface area (Å²) < 4.78 is 5.50. The molecule has 20 heavy (non-hydrogen) atoms. The van der Waals surface area contributed by atoms with Crippen molar-refractivity contribution in [3.8, 4) is 0 Å². The van der Waals surface area contributed by atoms with Gasteiger partial charge < -0.3 is 9.64 Å². The molecule has 1 aromatic rings. The molecular weight excluding hydrogens is 254 g/mol. The van der Waals surface area contributed by atoms with Crippen molar-refractivity contribution >= 4 is 5.91 Å². The lowest BCUT2D eigenvalue weighted by Crippen LogP contribution is -2.31. The summed E-state index contributed by atoms with van der Waals surface area (Å²) in [6, 6.07) is 7.56. The quantitative estimate of drug-likeness (QED) is 0.481. The van der Waals surface area contributed by atoms with Gasteiger partial charge in [-0.15, -0.1) is 0 Å². The first-order chi connectivity index (χ1) is 9.69. The van der Waals surface area contributed by atoms with Gasteiger partial charge in [-0.1, -0.05) is 12.1 Å². The van der Waals surface area contributed by atoms with Gasteiger partial charge in [-0.2, -0.15) is 0 Å². The van der Waals surface area contributed by atoms with E-state index in [1.165, 1.54) is 6.42 Å². The fourth-order valence-electron chi connectivity index (χ4n) is 2.66. The number of amides is 1. The summed E-state index contributed by atoms with van der Waals surface area (Å²) in [5.41, 5.74) is 3.87. The number of carbonyl (C=O) groups is 1. The Morgan fingerprint density at radius 1 is 1.55 bits per heavy atom. The van der Waals surface area contributed by atoms with Gasteiger partial charge in [0.05, 0.1) is 6.61 Å². The highest BCUT2D eigenvalue weighted by atomic mass is 16.5. The number of nitrogens with one attached hydrogen (secondary N) is 1. The minimum Gasteiger partial charge on any atom is -0.381 e. The number of ether oxygens (including phenoxy) is 1. The zero-order valence-electron chi connectivity index (χ0n) is 12.0. The van der Waals surface area contributed by atoms with Gasteiger partial charge in [0.2, 0.25) is 0 Å². The first-order valence-corrected chi connectivity index (χ1v) is 7.05. The van der Waals surface area contributed by atoms with Crippen LogP contribution in [0.1, 0.15) is 28.8 Å². The number of hydrogen-bond donors (Lipinski definition) is 2. The summed E-state index contributed by atoms with van der Waals surface area (Å²) in [6.45, 7) is 3.60. The van der Waals surface area contributed by atoms with E-state index in [1.54, 1.807) is 6.07 Å². The first-order valence-electron chi connectivity index (χ1n) is 7.05. The lowest BCUT2D eigenvalue weighted by Gasteiger charge is -2.27. The molecule has 5 nitrogen and oxygen atoms in total. The highest BCUT2D eigenvalue weighted by Crippen LogP contribution is 2.16. The van der Waals surface area contributed by atoms with E-state index in [0.29, 0.717) is 11.5 Å². The second-order valence-electron chi connectivity index (χ2n) is 5.45. The molecular formula is C15H23N3O2. The molecule has 1 saturated heterocycles. The van der Waals surface area contributed by atoms with Crippen LogP contribution in [-0.4, -0.2) is 37.6 Å². The summed E-state index contributed by atoms with van der Waals surface area (Å²) in [4.78, 5) is 13.8. The third-order valence-corrected chi connectivity index (χ3v) is 3.60. The average Bonchev–Trinajstić information content (AvgIpc) is 2.47. The van der Waals surface area contributed by atoms with Crippen LogP contribution in [0.15, 0.2) is 24.3 Å². The Bertz CT molecular complexity index is 444. The van der Waals surface area contributed by atoms with Crippen LogP contribution in [0.4, 0.5) is 0 Å². The van der Waals surface area contributed by atoms with Crippen molar-refractivity contribution in [3.63, 3.8) is 0 Å². The number of nitrogen functional groups attached to an aromatic ring is 1. The van der Waals surface area contributed by atoms with E-state index in [0.717, 1.165) is 38.3 Å². The molecule has 1 unspecified atom stereocenters. The maximum Gasteiger partial charge on any atom is 0.265 e. The Balaban J connectivity index is 1.89. The number of hydrazine groups is 1. The number of hydrogen-bond acceptors (Lipinski definition) is 4. The minimum absolute atomic E-state index is 0.254. The monoisotopic (exact) mass is 277 g/mol. The number of benzene rings is 1. The van der Waals surface area contributed by atoms with Crippen LogP contribution in [-0.2, 0) is 11.3 Å². The van der Waals surface area contributed by atoms with E-state index in [-0.39, 0.29) is 5.91 Å². The second kappa shape index (κ2) is 7.38. The van der Waals surface area contributed by atoms with Crippen LogP contribution in [0.5, 0.6) is 0 Å². The molecule has 5 heteroatoms. The summed E-state index contributed by atoms with van der Waals surface area (Å²) in [5, 5.41) is 0. The average molecular weight is 277 g/mol. The predicted octanol–water partition coefficient (Wildman–Crippen LogP) is 1.15. The van der Waals surface area contributed by atoms with Crippen molar-refractivity contribution in [2.75, 3.05) is 26.8 Å². The van der Waals surface area contributed by atoms with E-state index < -0.39 is 0 Å². The fourth-order valence-corrected chi connectivity index (χ4v) is 2.66. The molecule has 0 spiro atoms. The van der Waals surface area contributed by atoms with E-state index >= 15 is 0 Å². The largest absolute Gasteiger partial charge is 0.381 e. The van der Waals surface area contributed by atoms with Gasteiger partial charge >= 0.3 is 0 Å². The highest BCUT2D eigenvalue weighted by Gasteiger charge is 2.16. The van der Waals surface area contributed by atoms with Crippen LogP contribution in [0.3, 0.4) is 0 Å². The minimum atomic E-state index is -0.254. The molecule has 1 aliphatic heterocycles. The molecule has 1 aliphatic rings. The molecule has 1 aromatic carbocycles. The number of nitrogens with zero attached hydrogens (tertiary/aromatic N) is 1. The molecule has 0 saturated carbocycles. The topological polar surface area (TPSA) is 67.6 Å². The normalized spacial score (nSPS) is 19.1. The summed E-state index contributed by atoms with van der Waals surface area (Å²) in [5.74, 6) is 5.52. The zero-order valence-corrected chi connectivity index (χ0v) is 12.0. The van der Waals surface area contributed by atoms with Crippen LogP contribution >= 0.6 is 0 Å². The van der Waals surface area contributed by atoms with E-state index in [9.17, 15) is 4.79 Å². The molecule has 0 radical (unpaired) electrons. The van der Waals surface area contributed by atoms with Gasteiger partial charge in [-0.25, -0.2) is 5.84 Å². The van der Waals surface area contributed by atoms with Gasteiger partial charge in [0.15, 0.2) is 0 Å². The van der Waals surface area contributed by atoms with Gasteiger partial charge in [0.25, 0.3) is 5.91 Å². The number of carbonyl (C=O) groups excluding carboxylic acids is 1. The fraction of sp³-hybridized carbons (Fsp3) is 0.533. The Morgan fingerprint density at radius 2 is 2.40 bits per heavy atom. The molecule has 3 N–H and O–H groups in total. The van der Waals surface area contributed by atoms with Crippen LogP contribution in [0.2, 0.25) is 0 Å². The van der Waals surface area contributed by atoms with Crippen molar-refractivity contribution in [2.45, 2.75) is 19.4 Å². The van der Waals surface area contributed by atoms with Crippen molar-refractivity contribution < 1.29 is 9.53 Å². The van der Waals surface area contributed by atoms with Crippen molar-refractivity contribution in [2.24, 2.45) is 11.8 Å². The van der Waals surface area contributed by atoms with E-state index in [4.69, 9.17) is 10.6 Å². The van der Waals surface area contributed by atoms with Crippen LogP contribution in [0, 0.1) is 5.92 Å². The van der Waals surface area contributed by atoms with E-state index in [1.807, 2.05) is 18.2 Å². The summed E-state index contributed by atoms with van der Waals surface area (Å²) >= 11 is 0. The van der Waals surface area contributed by atoms with Crippen molar-refractivity contribution in [3.05, 3.63) is 35.4 Å². The predicted molar refractivity (Wildman–Crippen MR) is 78.0 cm³/mol. The maximum absolute atomic E-state index is 11.5. The molecule has 0 aliphatic carbocycles. The van der Waals surface area contributed by atoms with Gasteiger partial charge in [0.1, 0.15) is 0 Å². The second-order valence-corrected chi connectivity index (χ2v) is 5.45. The van der Waals surface area contributed by atoms with E-state index in [2.05, 4.69) is 17.4 Å². The molecule has 1 heterocycles. The molecule has 1 atom stereocenters. The Labute approximate surface area is 120 Å². The first kappa shape index (κ1) is 15.0. The van der Waals surface area contributed by atoms with Gasteiger partial charge in [-0.05, 0) is 43.5 Å². The number of rotatable bonds is 5. The van der Waals surface area contributed by atoms with Gasteiger partial charge in [0, 0.05) is 25.3 Å². The lowest BCUT2D eigenvalue weighted by atomic mass is 10.0. The highest BCUT2D eigenvalue weighted by molar-refractivity contribution is 5.93. The zero-order chi connectivity index (χ0) is 14.4. The third kappa shape index (κ3) is 4.30. The molecule has 1 amide bonds. The lowest BCUT2D eigenvalue weighted by molar-refractivity contribution is 0.0411. The van der Waals surface area contributed by atoms with Crippen LogP contribution in [0.25, 0.3) is 0 Å². The smallest absolute Gasteiger partial charge is 0.265 e. The standard InChI is InChI=1S/C15H23N3O2/c1-18(10-13-5-3-7-20-11-13)9-12-4-2-6-14(8-12)15(19)17-16/h2,4,6,8,13H,3,5,7,9-11,16H2,1H3,(H,17,19). The van der Waals surface area contributed by atoms with Crippen molar-refractivity contribution in [1.82, 2.24) is 10.3 Å². The molecule has 0 aromatic heterocycles. The summed E-state index contributed by atoms with van der Waals surface area (Å²) in [6.07, 6.45) is 2.39. The molecule has 2 rings (SSSR count). The molecule has 0 bridgehead atoms. The SMILES string of the molecule is CN(Cc1cccc(C(=O)NN)c1)CC1CCCOC1. The van der Waals surface area contributed by atoms with Crippen LogP contribution < -0.4 is 11.3 Å². The third-order valence-electron chi connectivity index (χ3n) is 3.60. The Kier molecular flexibility index (Phi) is 5.52. The van der Waals surface area contributed by atoms with Crippen molar-refractivity contribution in [1.29, 1.82) is 0 Å². The molecule has 1 fully saturated rings. The Hall–Kier alpha value is -1.43. The molecule has 110 valence electrons. The maximum atomic E-state index is 11.5. The van der Waals surface area contributed by atoms with Gasteiger partial charge in [-0.3, -0.25) is 10.2 Å².